The van der Waals surface area contributed by atoms with E-state index in [1.165, 1.54) is 0 Å². The van der Waals surface area contributed by atoms with Crippen LogP contribution in [0.2, 0.25) is 5.02 Å². The zero-order chi connectivity index (χ0) is 21.3. The van der Waals surface area contributed by atoms with Crippen molar-refractivity contribution in [1.29, 1.82) is 0 Å². The lowest BCUT2D eigenvalue weighted by molar-refractivity contribution is 0.101. The van der Waals surface area contributed by atoms with Crippen LogP contribution in [-0.2, 0) is 0 Å². The molecule has 6 heteroatoms. The van der Waals surface area contributed by atoms with Crippen LogP contribution >= 0.6 is 11.6 Å². The molecule has 0 atom stereocenters. The zero-order valence-corrected chi connectivity index (χ0v) is 17.7. The van der Waals surface area contributed by atoms with Crippen molar-refractivity contribution in [2.45, 2.75) is 20.8 Å². The van der Waals surface area contributed by atoms with Gasteiger partial charge in [0.2, 0.25) is 5.82 Å². The number of carbonyl (C=O) groups is 1. The number of aromatic nitrogens is 3. The number of amides is 1. The van der Waals surface area contributed by atoms with Crippen molar-refractivity contribution in [3.8, 4) is 17.1 Å². The molecule has 4 aromatic rings. The molecule has 0 radical (unpaired) electrons. The monoisotopic (exact) mass is 416 g/mol. The Hall–Kier alpha value is -3.44. The molecule has 0 bridgehead atoms. The molecule has 0 saturated carbocycles. The third kappa shape index (κ3) is 3.98. The first-order valence-electron chi connectivity index (χ1n) is 9.60. The van der Waals surface area contributed by atoms with E-state index < -0.39 is 0 Å². The zero-order valence-electron chi connectivity index (χ0n) is 17.0. The van der Waals surface area contributed by atoms with E-state index in [1.54, 1.807) is 28.9 Å². The van der Waals surface area contributed by atoms with Crippen LogP contribution in [-0.4, -0.2) is 20.7 Å². The molecule has 1 heterocycles. The summed E-state index contributed by atoms with van der Waals surface area (Å²) in [6.07, 6.45) is 0. The summed E-state index contributed by atoms with van der Waals surface area (Å²) < 4.78 is 1.74. The van der Waals surface area contributed by atoms with Crippen molar-refractivity contribution in [3.05, 3.63) is 94.3 Å². The van der Waals surface area contributed by atoms with Crippen LogP contribution in [0.25, 0.3) is 17.1 Å². The summed E-state index contributed by atoms with van der Waals surface area (Å²) in [5, 5.41) is 8.00. The maximum atomic E-state index is 12.9. The minimum absolute atomic E-state index is 0.0994. The van der Waals surface area contributed by atoms with Gasteiger partial charge in [-0.05, 0) is 68.3 Å². The van der Waals surface area contributed by atoms with E-state index in [2.05, 4.69) is 28.4 Å². The molecule has 1 N–H and O–H groups in total. The van der Waals surface area contributed by atoms with E-state index in [-0.39, 0.29) is 11.7 Å². The Morgan fingerprint density at radius 3 is 2.43 bits per heavy atom. The number of benzene rings is 3. The van der Waals surface area contributed by atoms with E-state index >= 15 is 0 Å². The molecule has 0 saturated heterocycles. The fourth-order valence-corrected chi connectivity index (χ4v) is 3.36. The van der Waals surface area contributed by atoms with Gasteiger partial charge in [-0.15, -0.1) is 5.10 Å². The minimum atomic E-state index is -0.379. The largest absolute Gasteiger partial charge is 0.319 e. The maximum Gasteiger partial charge on any atom is 0.295 e. The van der Waals surface area contributed by atoms with Crippen molar-refractivity contribution in [2.24, 2.45) is 0 Å². The van der Waals surface area contributed by atoms with Gasteiger partial charge in [-0.25, -0.2) is 9.67 Å². The molecule has 0 aliphatic heterocycles. The van der Waals surface area contributed by atoms with Gasteiger partial charge in [0.1, 0.15) is 0 Å². The molecule has 3 aromatic carbocycles. The molecule has 0 unspecified atom stereocenters. The van der Waals surface area contributed by atoms with Crippen molar-refractivity contribution in [1.82, 2.24) is 14.8 Å². The molecule has 0 aliphatic carbocycles. The van der Waals surface area contributed by atoms with Crippen LogP contribution in [0, 0.1) is 20.8 Å². The van der Waals surface area contributed by atoms with Crippen LogP contribution in [0.5, 0.6) is 0 Å². The Kier molecular flexibility index (Phi) is 5.38. The smallest absolute Gasteiger partial charge is 0.295 e. The van der Waals surface area contributed by atoms with Gasteiger partial charge in [-0.3, -0.25) is 4.79 Å². The van der Waals surface area contributed by atoms with Crippen LogP contribution in [0.1, 0.15) is 27.3 Å². The topological polar surface area (TPSA) is 59.8 Å². The van der Waals surface area contributed by atoms with E-state index in [0.717, 1.165) is 27.9 Å². The number of nitrogens with zero attached hydrogens (tertiary/aromatic N) is 3. The summed E-state index contributed by atoms with van der Waals surface area (Å²) in [6, 6.07) is 20.9. The van der Waals surface area contributed by atoms with Crippen LogP contribution in [0.4, 0.5) is 5.69 Å². The molecule has 0 fully saturated rings. The van der Waals surface area contributed by atoms with Crippen molar-refractivity contribution in [3.63, 3.8) is 0 Å². The Labute approximate surface area is 180 Å². The highest BCUT2D eigenvalue weighted by Crippen LogP contribution is 2.25. The quantitative estimate of drug-likeness (QED) is 0.459. The summed E-state index contributed by atoms with van der Waals surface area (Å²) >= 11 is 5.92. The molecule has 0 spiro atoms. The van der Waals surface area contributed by atoms with Gasteiger partial charge in [-0.1, -0.05) is 47.5 Å². The number of nitrogens with one attached hydrogen (secondary N) is 1. The summed E-state index contributed by atoms with van der Waals surface area (Å²) in [7, 11) is 0. The average molecular weight is 417 g/mol. The maximum absolute atomic E-state index is 12.9. The second kappa shape index (κ2) is 8.13. The molecule has 4 rings (SSSR count). The number of hydrogen-bond donors (Lipinski definition) is 1. The lowest BCUT2D eigenvalue weighted by atomic mass is 10.1. The van der Waals surface area contributed by atoms with Gasteiger partial charge in [0, 0.05) is 16.3 Å². The lowest BCUT2D eigenvalue weighted by Crippen LogP contribution is -2.14. The Bertz CT molecular complexity index is 1230. The number of rotatable bonds is 4. The first-order chi connectivity index (χ1) is 14.4. The van der Waals surface area contributed by atoms with Crippen molar-refractivity contribution < 1.29 is 4.79 Å². The van der Waals surface area contributed by atoms with E-state index in [0.29, 0.717) is 16.5 Å². The van der Waals surface area contributed by atoms with Gasteiger partial charge in [-0.2, -0.15) is 0 Å². The van der Waals surface area contributed by atoms with E-state index in [1.807, 2.05) is 50.2 Å². The highest BCUT2D eigenvalue weighted by atomic mass is 35.5. The Morgan fingerprint density at radius 1 is 0.967 bits per heavy atom. The summed E-state index contributed by atoms with van der Waals surface area (Å²) in [5.74, 6) is 0.339. The summed E-state index contributed by atoms with van der Waals surface area (Å²) in [5.41, 5.74) is 5.75. The van der Waals surface area contributed by atoms with Crippen LogP contribution in [0.15, 0.2) is 66.7 Å². The molecule has 1 aromatic heterocycles. The third-order valence-corrected chi connectivity index (χ3v) is 5.24. The highest BCUT2D eigenvalue weighted by molar-refractivity contribution is 6.30. The van der Waals surface area contributed by atoms with Gasteiger partial charge < -0.3 is 5.32 Å². The molecule has 0 aliphatic rings. The van der Waals surface area contributed by atoms with Crippen molar-refractivity contribution >= 4 is 23.2 Å². The van der Waals surface area contributed by atoms with Crippen LogP contribution in [0.3, 0.4) is 0 Å². The normalized spacial score (nSPS) is 10.8. The number of hydrogen-bond acceptors (Lipinski definition) is 3. The van der Waals surface area contributed by atoms with E-state index in [4.69, 9.17) is 11.6 Å². The fourth-order valence-electron chi connectivity index (χ4n) is 3.23. The van der Waals surface area contributed by atoms with Gasteiger partial charge in [0.05, 0.1) is 5.69 Å². The Morgan fingerprint density at radius 2 is 1.70 bits per heavy atom. The predicted molar refractivity (Wildman–Crippen MR) is 120 cm³/mol. The molecular formula is C24H21ClN4O. The average Bonchev–Trinajstić information content (AvgIpc) is 3.17. The fraction of sp³-hybridized carbons (Fsp3) is 0.125. The molecule has 1 amide bonds. The number of anilines is 1. The second-order valence-corrected chi connectivity index (χ2v) is 7.66. The molecule has 5 nitrogen and oxygen atoms in total. The predicted octanol–water partition coefficient (Wildman–Crippen LogP) is 5.77. The standard InChI is InChI=1S/C24H21ClN4O/c1-15-6-4-8-18(14-15)23-27-22(24(30)26-20-12-10-19(25)11-13-20)28-29(23)21-9-5-7-16(2)17(21)3/h4-14H,1-3H3,(H,26,30). The van der Waals surface area contributed by atoms with Crippen LogP contribution < -0.4 is 5.32 Å². The summed E-state index contributed by atoms with van der Waals surface area (Å²) in [6.45, 7) is 6.12. The van der Waals surface area contributed by atoms with E-state index in [9.17, 15) is 4.79 Å². The number of carbonyl (C=O) groups excluding carboxylic acids is 1. The molecule has 30 heavy (non-hydrogen) atoms. The molecular weight excluding hydrogens is 396 g/mol. The second-order valence-electron chi connectivity index (χ2n) is 7.22. The van der Waals surface area contributed by atoms with Crippen molar-refractivity contribution in [2.75, 3.05) is 5.32 Å². The minimum Gasteiger partial charge on any atom is -0.319 e. The summed E-state index contributed by atoms with van der Waals surface area (Å²) in [4.78, 5) is 17.5. The SMILES string of the molecule is Cc1cccc(-c2nc(C(=O)Nc3ccc(Cl)cc3)nn2-c2cccc(C)c2C)c1. The van der Waals surface area contributed by atoms with Gasteiger partial charge in [0.25, 0.3) is 5.91 Å². The van der Waals surface area contributed by atoms with Gasteiger partial charge >= 0.3 is 0 Å². The first-order valence-corrected chi connectivity index (χ1v) is 9.98. The highest BCUT2D eigenvalue weighted by Gasteiger charge is 2.20. The number of aryl methyl sites for hydroxylation is 2. The lowest BCUT2D eigenvalue weighted by Gasteiger charge is -2.11. The van der Waals surface area contributed by atoms with Gasteiger partial charge in [0.15, 0.2) is 5.82 Å². The first kappa shape index (κ1) is 19.9. The Balaban J connectivity index is 1.80. The molecule has 150 valence electrons. The number of halogens is 1. The third-order valence-electron chi connectivity index (χ3n) is 4.99.